The van der Waals surface area contributed by atoms with E-state index in [-0.39, 0.29) is 23.7 Å². The molecule has 206 valence electrons. The number of hydrogen-bond donors (Lipinski definition) is 2. The van der Waals surface area contributed by atoms with Crippen LogP contribution in [0.25, 0.3) is 11.3 Å². The number of nitrogens with two attached hydrogens (primary N) is 1. The van der Waals surface area contributed by atoms with Gasteiger partial charge in [-0.25, -0.2) is 14.8 Å². The Morgan fingerprint density at radius 3 is 2.62 bits per heavy atom. The van der Waals surface area contributed by atoms with E-state index in [2.05, 4.69) is 24.9 Å². The van der Waals surface area contributed by atoms with Gasteiger partial charge in [-0.05, 0) is 38.2 Å². The molecule has 0 unspecified atom stereocenters. The molecule has 1 saturated heterocycles. The number of piperidine rings is 1. The lowest BCUT2D eigenvalue weighted by Gasteiger charge is -2.32. The zero-order chi connectivity index (χ0) is 27.5. The topological polar surface area (TPSA) is 167 Å². The van der Waals surface area contributed by atoms with Crippen LogP contribution in [0.3, 0.4) is 0 Å². The lowest BCUT2D eigenvalue weighted by Crippen LogP contribution is -2.37. The van der Waals surface area contributed by atoms with E-state index < -0.39 is 5.97 Å². The summed E-state index contributed by atoms with van der Waals surface area (Å²) >= 11 is 0. The van der Waals surface area contributed by atoms with Crippen LogP contribution < -0.4 is 20.1 Å². The number of methoxy groups -OCH3 is 1. The second-order valence-corrected chi connectivity index (χ2v) is 10.1. The zero-order valence-electron chi connectivity index (χ0n) is 22.3. The first kappa shape index (κ1) is 26.3. The van der Waals surface area contributed by atoms with E-state index in [1.165, 1.54) is 7.11 Å². The summed E-state index contributed by atoms with van der Waals surface area (Å²) in [5, 5.41) is 7.77. The van der Waals surface area contributed by atoms with E-state index in [9.17, 15) is 4.79 Å². The van der Waals surface area contributed by atoms with Gasteiger partial charge in [-0.2, -0.15) is 15.0 Å². The lowest BCUT2D eigenvalue weighted by atomic mass is 9.98. The minimum absolute atomic E-state index is 0.0886. The summed E-state index contributed by atoms with van der Waals surface area (Å²) in [6.07, 6.45) is 7.93. The highest BCUT2D eigenvalue weighted by Gasteiger charge is 2.39. The van der Waals surface area contributed by atoms with Crippen molar-refractivity contribution < 1.29 is 19.0 Å². The van der Waals surface area contributed by atoms with Crippen molar-refractivity contribution in [2.75, 3.05) is 44.0 Å². The number of anilines is 2. The van der Waals surface area contributed by atoms with E-state index in [1.54, 1.807) is 19.4 Å². The summed E-state index contributed by atoms with van der Waals surface area (Å²) in [5.41, 5.74) is 8.37. The Morgan fingerprint density at radius 2 is 1.95 bits per heavy atom. The van der Waals surface area contributed by atoms with E-state index >= 15 is 0 Å². The van der Waals surface area contributed by atoms with Crippen LogP contribution >= 0.6 is 0 Å². The zero-order valence-corrected chi connectivity index (χ0v) is 22.3. The van der Waals surface area contributed by atoms with Gasteiger partial charge in [-0.15, -0.1) is 0 Å². The normalized spacial score (nSPS) is 19.0. The SMILES string of the molecule is COC(=O)c1nc(OC[C@@H]2C[C@@H]2C(C)=N)nc(N2CCC(COc3cc(-c4cn(C)cn4)cnc3N)CC2)n1. The Morgan fingerprint density at radius 1 is 1.15 bits per heavy atom. The molecule has 2 atom stereocenters. The second kappa shape index (κ2) is 11.2. The first-order chi connectivity index (χ1) is 18.8. The van der Waals surface area contributed by atoms with Crippen molar-refractivity contribution in [1.29, 1.82) is 5.41 Å². The first-order valence-corrected chi connectivity index (χ1v) is 12.9. The molecule has 13 nitrogen and oxygen atoms in total. The lowest BCUT2D eigenvalue weighted by molar-refractivity contribution is 0.0584. The van der Waals surface area contributed by atoms with Crippen LogP contribution in [0, 0.1) is 23.2 Å². The molecule has 0 aromatic carbocycles. The van der Waals surface area contributed by atoms with Gasteiger partial charge in [0.15, 0.2) is 11.6 Å². The summed E-state index contributed by atoms with van der Waals surface area (Å²) < 4.78 is 18.6. The van der Waals surface area contributed by atoms with Gasteiger partial charge in [0, 0.05) is 55.6 Å². The van der Waals surface area contributed by atoms with E-state index in [0.29, 0.717) is 55.4 Å². The average Bonchev–Trinajstić information content (AvgIpc) is 3.62. The molecule has 0 radical (unpaired) electrons. The van der Waals surface area contributed by atoms with Gasteiger partial charge in [-0.1, -0.05) is 0 Å². The van der Waals surface area contributed by atoms with Crippen molar-refractivity contribution >= 4 is 23.4 Å². The molecular weight excluding hydrogens is 502 g/mol. The number of rotatable bonds is 10. The van der Waals surface area contributed by atoms with Crippen molar-refractivity contribution in [2.24, 2.45) is 24.8 Å². The Balaban J connectivity index is 1.19. The molecule has 4 heterocycles. The Bertz CT molecular complexity index is 1350. The van der Waals surface area contributed by atoms with Gasteiger partial charge >= 0.3 is 12.0 Å². The van der Waals surface area contributed by atoms with Crippen LogP contribution in [-0.4, -0.2) is 74.6 Å². The first-order valence-electron chi connectivity index (χ1n) is 12.9. The fourth-order valence-corrected chi connectivity index (χ4v) is 4.66. The summed E-state index contributed by atoms with van der Waals surface area (Å²) in [4.78, 5) is 35.8. The van der Waals surface area contributed by atoms with E-state index in [1.807, 2.05) is 28.8 Å². The standard InChI is InChI=1S/C26H33N9O4/c1-15(27)19-8-18(19)13-39-26-32-23(24(36)37-3)31-25(33-26)35-6-4-16(5-7-35)12-38-21-9-17(10-29-22(21)28)20-11-34(2)14-30-20/h9-11,14,16,18-19,27H,4-8,12-13H2,1-3H3,(H2,28,29)/t18-,19+/m0/s1. The largest absolute Gasteiger partial charge is 0.489 e. The molecular formula is C26H33N9O4. The number of hydrogen-bond acceptors (Lipinski definition) is 12. The molecule has 1 saturated carbocycles. The number of imidazole rings is 1. The van der Waals surface area contributed by atoms with E-state index in [0.717, 1.165) is 30.5 Å². The maximum absolute atomic E-state index is 12.2. The summed E-state index contributed by atoms with van der Waals surface area (Å²) in [6, 6.07) is 1.96. The van der Waals surface area contributed by atoms with Crippen molar-refractivity contribution in [1.82, 2.24) is 29.5 Å². The number of esters is 1. The molecule has 39 heavy (non-hydrogen) atoms. The maximum atomic E-state index is 12.2. The van der Waals surface area contributed by atoms with Gasteiger partial charge in [0.2, 0.25) is 11.8 Å². The van der Waals surface area contributed by atoms with Gasteiger partial charge in [0.05, 0.1) is 32.3 Å². The molecule has 0 bridgehead atoms. The van der Waals surface area contributed by atoms with Crippen molar-refractivity contribution in [2.45, 2.75) is 26.2 Å². The predicted octanol–water partition coefficient (Wildman–Crippen LogP) is 2.39. The molecule has 1 aliphatic heterocycles. The highest BCUT2D eigenvalue weighted by molar-refractivity contribution is 5.85. The van der Waals surface area contributed by atoms with Crippen molar-refractivity contribution in [3.63, 3.8) is 0 Å². The van der Waals surface area contributed by atoms with Crippen LogP contribution in [0.2, 0.25) is 0 Å². The molecule has 13 heteroatoms. The van der Waals surface area contributed by atoms with E-state index in [4.69, 9.17) is 25.4 Å². The maximum Gasteiger partial charge on any atom is 0.376 e. The van der Waals surface area contributed by atoms with Crippen LogP contribution in [0.15, 0.2) is 24.8 Å². The number of pyridine rings is 1. The summed E-state index contributed by atoms with van der Waals surface area (Å²) in [5.74, 6) is 1.34. The molecule has 0 spiro atoms. The van der Waals surface area contributed by atoms with Gasteiger partial charge in [0.1, 0.15) is 0 Å². The van der Waals surface area contributed by atoms with Crippen molar-refractivity contribution in [3.05, 3.63) is 30.6 Å². The van der Waals surface area contributed by atoms with Crippen molar-refractivity contribution in [3.8, 4) is 23.0 Å². The Kier molecular flexibility index (Phi) is 7.57. The predicted molar refractivity (Wildman–Crippen MR) is 143 cm³/mol. The fraction of sp³-hybridized carbons (Fsp3) is 0.500. The molecule has 1 aliphatic carbocycles. The minimum Gasteiger partial charge on any atom is -0.489 e. The number of aromatic nitrogens is 6. The smallest absolute Gasteiger partial charge is 0.376 e. The third-order valence-corrected chi connectivity index (χ3v) is 7.13. The summed E-state index contributed by atoms with van der Waals surface area (Å²) in [6.45, 7) is 4.05. The third kappa shape index (κ3) is 6.24. The quantitative estimate of drug-likeness (QED) is 0.289. The number of nitrogens with zero attached hydrogens (tertiary/aromatic N) is 7. The highest BCUT2D eigenvalue weighted by Crippen LogP contribution is 2.39. The second-order valence-electron chi connectivity index (χ2n) is 10.1. The number of aryl methyl sites for hydroxylation is 1. The van der Waals surface area contributed by atoms with Gasteiger partial charge in [0.25, 0.3) is 0 Å². The summed E-state index contributed by atoms with van der Waals surface area (Å²) in [7, 11) is 3.20. The number of carbonyl (C=O) groups is 1. The minimum atomic E-state index is -0.648. The Labute approximate surface area is 226 Å². The highest BCUT2D eigenvalue weighted by atomic mass is 16.5. The molecule has 0 amide bonds. The van der Waals surface area contributed by atoms with Gasteiger partial charge in [-0.3, -0.25) is 0 Å². The molecule has 3 N–H and O–H groups in total. The van der Waals surface area contributed by atoms with Crippen LogP contribution in [0.1, 0.15) is 36.8 Å². The molecule has 5 rings (SSSR count). The number of ether oxygens (including phenoxy) is 3. The number of carbonyl (C=O) groups excluding carboxylic acids is 1. The van der Waals surface area contributed by atoms with Crippen LogP contribution in [0.4, 0.5) is 11.8 Å². The van der Waals surface area contributed by atoms with Crippen LogP contribution in [0.5, 0.6) is 11.8 Å². The fourth-order valence-electron chi connectivity index (χ4n) is 4.66. The monoisotopic (exact) mass is 535 g/mol. The van der Waals surface area contributed by atoms with Gasteiger partial charge < -0.3 is 34.8 Å². The molecule has 3 aromatic heterocycles. The Hall–Kier alpha value is -4.29. The molecule has 2 fully saturated rings. The number of nitrogen functional groups attached to an aromatic ring is 1. The van der Waals surface area contributed by atoms with Crippen LogP contribution in [-0.2, 0) is 11.8 Å². The molecule has 3 aromatic rings. The number of nitrogens with one attached hydrogen (secondary N) is 1. The molecule has 2 aliphatic rings. The average molecular weight is 536 g/mol. The third-order valence-electron chi connectivity index (χ3n) is 7.13.